The lowest BCUT2D eigenvalue weighted by molar-refractivity contribution is 0.0561. The summed E-state index contributed by atoms with van der Waals surface area (Å²) in [4.78, 5) is 22.1. The van der Waals surface area contributed by atoms with E-state index in [9.17, 15) is 9.59 Å². The van der Waals surface area contributed by atoms with Crippen molar-refractivity contribution in [3.8, 4) is 0 Å². The number of amidine groups is 1. The van der Waals surface area contributed by atoms with E-state index in [1.807, 2.05) is 0 Å². The van der Waals surface area contributed by atoms with Crippen LogP contribution >= 0.6 is 0 Å². The van der Waals surface area contributed by atoms with Gasteiger partial charge in [-0.05, 0) is 38.5 Å². The van der Waals surface area contributed by atoms with Gasteiger partial charge in [-0.3, -0.25) is 10.7 Å². The second kappa shape index (κ2) is 6.18. The molecule has 0 heterocycles. The molecule has 6 heteroatoms. The SMILES string of the molecule is CC(C)(C)OC(=O)NC(=N)Cc1ccc(C(=O)O)cc1. The Hall–Kier alpha value is -2.37. The summed E-state index contributed by atoms with van der Waals surface area (Å²) in [7, 11) is 0. The van der Waals surface area contributed by atoms with Crippen LogP contribution in [0.15, 0.2) is 24.3 Å². The van der Waals surface area contributed by atoms with Crippen molar-refractivity contribution in [3.63, 3.8) is 0 Å². The van der Waals surface area contributed by atoms with E-state index >= 15 is 0 Å². The van der Waals surface area contributed by atoms with Crippen molar-refractivity contribution in [2.75, 3.05) is 0 Å². The summed E-state index contributed by atoms with van der Waals surface area (Å²) in [5.41, 5.74) is 0.296. The van der Waals surface area contributed by atoms with E-state index in [0.29, 0.717) is 0 Å². The number of rotatable bonds is 3. The van der Waals surface area contributed by atoms with Gasteiger partial charge in [0.15, 0.2) is 0 Å². The highest BCUT2D eigenvalue weighted by Crippen LogP contribution is 2.08. The normalized spacial score (nSPS) is 10.8. The predicted molar refractivity (Wildman–Crippen MR) is 74.2 cm³/mol. The van der Waals surface area contributed by atoms with Crippen molar-refractivity contribution in [1.82, 2.24) is 5.32 Å². The van der Waals surface area contributed by atoms with Crippen LogP contribution in [0.2, 0.25) is 0 Å². The van der Waals surface area contributed by atoms with Gasteiger partial charge < -0.3 is 9.84 Å². The maximum atomic E-state index is 11.5. The Labute approximate surface area is 117 Å². The molecular weight excluding hydrogens is 260 g/mol. The fraction of sp³-hybridized carbons (Fsp3) is 0.357. The third kappa shape index (κ3) is 5.51. The Bertz CT molecular complexity index is 515. The molecule has 0 spiro atoms. The van der Waals surface area contributed by atoms with Crippen LogP contribution < -0.4 is 5.32 Å². The molecule has 0 saturated carbocycles. The molecule has 0 saturated heterocycles. The number of carbonyl (C=O) groups is 2. The number of benzene rings is 1. The number of hydrogen-bond acceptors (Lipinski definition) is 4. The van der Waals surface area contributed by atoms with E-state index in [4.69, 9.17) is 15.3 Å². The molecular formula is C14H18N2O4. The molecule has 20 heavy (non-hydrogen) atoms. The van der Waals surface area contributed by atoms with E-state index in [1.165, 1.54) is 12.1 Å². The van der Waals surface area contributed by atoms with E-state index in [2.05, 4.69) is 5.32 Å². The Balaban J connectivity index is 2.54. The highest BCUT2D eigenvalue weighted by Gasteiger charge is 2.17. The van der Waals surface area contributed by atoms with Gasteiger partial charge in [0.25, 0.3) is 0 Å². The van der Waals surface area contributed by atoms with Crippen molar-refractivity contribution in [3.05, 3.63) is 35.4 Å². The van der Waals surface area contributed by atoms with Gasteiger partial charge in [-0.25, -0.2) is 9.59 Å². The van der Waals surface area contributed by atoms with Crippen molar-refractivity contribution in [2.24, 2.45) is 0 Å². The minimum absolute atomic E-state index is 0.0117. The lowest BCUT2D eigenvalue weighted by Gasteiger charge is -2.19. The average Bonchev–Trinajstić information content (AvgIpc) is 2.26. The molecule has 0 fully saturated rings. The van der Waals surface area contributed by atoms with Crippen molar-refractivity contribution < 1.29 is 19.4 Å². The summed E-state index contributed by atoms with van der Waals surface area (Å²) >= 11 is 0. The zero-order chi connectivity index (χ0) is 15.3. The number of nitrogens with one attached hydrogen (secondary N) is 2. The van der Waals surface area contributed by atoms with Crippen molar-refractivity contribution in [2.45, 2.75) is 32.8 Å². The highest BCUT2D eigenvalue weighted by atomic mass is 16.6. The predicted octanol–water partition coefficient (Wildman–Crippen LogP) is 2.43. The lowest BCUT2D eigenvalue weighted by atomic mass is 10.1. The fourth-order valence-corrected chi connectivity index (χ4v) is 1.44. The average molecular weight is 278 g/mol. The first kappa shape index (κ1) is 15.7. The smallest absolute Gasteiger partial charge is 0.413 e. The second-order valence-corrected chi connectivity index (χ2v) is 5.28. The van der Waals surface area contributed by atoms with Crippen LogP contribution in [-0.4, -0.2) is 28.6 Å². The van der Waals surface area contributed by atoms with E-state index in [1.54, 1.807) is 32.9 Å². The Morgan fingerprint density at radius 3 is 2.25 bits per heavy atom. The minimum atomic E-state index is -1.00. The molecule has 0 radical (unpaired) electrons. The number of amides is 1. The van der Waals surface area contributed by atoms with Crippen LogP contribution in [0.1, 0.15) is 36.7 Å². The van der Waals surface area contributed by atoms with Gasteiger partial charge in [0, 0.05) is 6.42 Å². The Kier molecular flexibility index (Phi) is 4.85. The number of aromatic carboxylic acids is 1. The van der Waals surface area contributed by atoms with Gasteiger partial charge in [0.05, 0.1) is 5.56 Å². The number of carboxylic acids is 1. The number of carbonyl (C=O) groups excluding carboxylic acids is 1. The molecule has 0 bridgehead atoms. The molecule has 1 aromatic rings. The van der Waals surface area contributed by atoms with Gasteiger partial charge in [0.2, 0.25) is 0 Å². The monoisotopic (exact) mass is 278 g/mol. The van der Waals surface area contributed by atoms with Crippen LogP contribution in [0.25, 0.3) is 0 Å². The summed E-state index contributed by atoms with van der Waals surface area (Å²) in [5.74, 6) is -1.01. The number of carboxylic acid groups (broad SMARTS) is 1. The largest absolute Gasteiger partial charge is 0.478 e. The first-order valence-electron chi connectivity index (χ1n) is 6.07. The summed E-state index contributed by atoms with van der Waals surface area (Å²) in [6.07, 6.45) is -0.483. The first-order valence-corrected chi connectivity index (χ1v) is 6.07. The summed E-state index contributed by atoms with van der Waals surface area (Å²) in [6, 6.07) is 6.13. The second-order valence-electron chi connectivity index (χ2n) is 5.28. The molecule has 0 atom stereocenters. The Morgan fingerprint density at radius 1 is 1.25 bits per heavy atom. The fourth-order valence-electron chi connectivity index (χ4n) is 1.44. The zero-order valence-corrected chi connectivity index (χ0v) is 11.7. The zero-order valence-electron chi connectivity index (χ0n) is 11.7. The molecule has 0 aromatic heterocycles. The molecule has 108 valence electrons. The maximum Gasteiger partial charge on any atom is 0.413 e. The standard InChI is InChI=1S/C14H18N2O4/c1-14(2,3)20-13(19)16-11(15)8-9-4-6-10(7-5-9)12(17)18/h4-7H,8H2,1-3H3,(H,17,18)(H2,15,16,19). The molecule has 1 aromatic carbocycles. The van der Waals surface area contributed by atoms with Crippen molar-refractivity contribution >= 4 is 17.9 Å². The van der Waals surface area contributed by atoms with E-state index in [0.717, 1.165) is 5.56 Å². The molecule has 0 aliphatic rings. The molecule has 1 rings (SSSR count). The third-order valence-corrected chi connectivity index (χ3v) is 2.23. The van der Waals surface area contributed by atoms with Crippen LogP contribution in [0, 0.1) is 5.41 Å². The van der Waals surface area contributed by atoms with Gasteiger partial charge in [-0.2, -0.15) is 0 Å². The summed E-state index contributed by atoms with van der Waals surface area (Å²) in [5, 5.41) is 18.8. The molecule has 3 N–H and O–H groups in total. The molecule has 0 unspecified atom stereocenters. The van der Waals surface area contributed by atoms with Crippen LogP contribution in [0.3, 0.4) is 0 Å². The minimum Gasteiger partial charge on any atom is -0.478 e. The van der Waals surface area contributed by atoms with Gasteiger partial charge in [0.1, 0.15) is 11.4 Å². The maximum absolute atomic E-state index is 11.5. The summed E-state index contributed by atoms with van der Waals surface area (Å²) in [6.45, 7) is 5.21. The first-order chi connectivity index (χ1) is 9.17. The molecule has 0 aliphatic heterocycles. The third-order valence-electron chi connectivity index (χ3n) is 2.23. The van der Waals surface area contributed by atoms with Crippen LogP contribution in [0.5, 0.6) is 0 Å². The molecule has 0 aliphatic carbocycles. The highest BCUT2D eigenvalue weighted by molar-refractivity contribution is 5.94. The summed E-state index contributed by atoms with van der Waals surface area (Å²) < 4.78 is 5.03. The number of alkyl carbamates (subject to hydrolysis) is 1. The number of hydrogen-bond donors (Lipinski definition) is 3. The van der Waals surface area contributed by atoms with Gasteiger partial charge in [-0.1, -0.05) is 12.1 Å². The number of ether oxygens (including phenoxy) is 1. The van der Waals surface area contributed by atoms with Gasteiger partial charge in [-0.15, -0.1) is 0 Å². The molecule has 6 nitrogen and oxygen atoms in total. The quantitative estimate of drug-likeness (QED) is 0.584. The van der Waals surface area contributed by atoms with Crippen LogP contribution in [0.4, 0.5) is 4.79 Å². The van der Waals surface area contributed by atoms with E-state index in [-0.39, 0.29) is 17.8 Å². The lowest BCUT2D eigenvalue weighted by Crippen LogP contribution is -2.36. The van der Waals surface area contributed by atoms with Crippen LogP contribution in [-0.2, 0) is 11.2 Å². The van der Waals surface area contributed by atoms with E-state index < -0.39 is 17.7 Å². The van der Waals surface area contributed by atoms with Crippen molar-refractivity contribution in [1.29, 1.82) is 5.41 Å². The Morgan fingerprint density at radius 2 is 1.80 bits per heavy atom. The van der Waals surface area contributed by atoms with Gasteiger partial charge >= 0.3 is 12.1 Å². The molecule has 1 amide bonds. The topological polar surface area (TPSA) is 99.5 Å².